The van der Waals surface area contributed by atoms with Gasteiger partial charge in [0, 0.05) is 31.1 Å². The van der Waals surface area contributed by atoms with Gasteiger partial charge in [0.15, 0.2) is 0 Å². The van der Waals surface area contributed by atoms with Crippen LogP contribution in [-0.4, -0.2) is 39.0 Å². The molecule has 0 bridgehead atoms. The molecule has 2 heterocycles. The number of nitrogens with one attached hydrogen (secondary N) is 1. The fourth-order valence-electron chi connectivity index (χ4n) is 2.65. The first kappa shape index (κ1) is 14.5. The number of sulfonamides is 1. The van der Waals surface area contributed by atoms with Gasteiger partial charge in [-0.1, -0.05) is 0 Å². The summed E-state index contributed by atoms with van der Waals surface area (Å²) in [5, 5.41) is 9.26. The molecule has 1 atom stereocenters. The average Bonchev–Trinajstić information content (AvgIpc) is 2.81. The average molecular weight is 309 g/mol. The van der Waals surface area contributed by atoms with E-state index >= 15 is 0 Å². The van der Waals surface area contributed by atoms with Crippen LogP contribution in [-0.2, 0) is 16.6 Å². The predicted molar refractivity (Wildman–Crippen MR) is 80.3 cm³/mol. The van der Waals surface area contributed by atoms with E-state index in [0.717, 1.165) is 37.3 Å². The van der Waals surface area contributed by atoms with Gasteiger partial charge in [0.2, 0.25) is 10.0 Å². The lowest BCUT2D eigenvalue weighted by atomic mass is 10.2. The van der Waals surface area contributed by atoms with Gasteiger partial charge in [-0.25, -0.2) is 13.6 Å². The van der Waals surface area contributed by atoms with E-state index in [1.807, 2.05) is 6.07 Å². The quantitative estimate of drug-likeness (QED) is 0.878. The van der Waals surface area contributed by atoms with Gasteiger partial charge < -0.3 is 9.73 Å². The number of benzene rings is 1. The molecule has 21 heavy (non-hydrogen) atoms. The summed E-state index contributed by atoms with van der Waals surface area (Å²) >= 11 is 0. The third-order valence-electron chi connectivity index (χ3n) is 3.87. The van der Waals surface area contributed by atoms with Crippen LogP contribution in [0.5, 0.6) is 0 Å². The number of rotatable bonds is 3. The Balaban J connectivity index is 1.87. The Bertz CT molecular complexity index is 754. The summed E-state index contributed by atoms with van der Waals surface area (Å²) in [6.07, 6.45) is 0. The summed E-state index contributed by atoms with van der Waals surface area (Å²) in [4.78, 5) is 2.45. The van der Waals surface area contributed by atoms with Crippen LogP contribution in [0, 0.1) is 0 Å². The van der Waals surface area contributed by atoms with Crippen molar-refractivity contribution in [2.45, 2.75) is 24.4 Å². The first-order chi connectivity index (χ1) is 9.93. The van der Waals surface area contributed by atoms with E-state index in [1.165, 1.54) is 6.07 Å². The molecule has 1 aliphatic heterocycles. The van der Waals surface area contributed by atoms with Crippen molar-refractivity contribution >= 4 is 21.0 Å². The second-order valence-corrected chi connectivity index (χ2v) is 7.04. The zero-order valence-electron chi connectivity index (χ0n) is 11.9. The lowest BCUT2D eigenvalue weighted by molar-refractivity contribution is 0.155. The van der Waals surface area contributed by atoms with Crippen LogP contribution in [0.1, 0.15) is 12.7 Å². The van der Waals surface area contributed by atoms with Crippen molar-refractivity contribution in [1.29, 1.82) is 0 Å². The molecule has 0 aliphatic carbocycles. The lowest BCUT2D eigenvalue weighted by Gasteiger charge is -2.33. The monoisotopic (exact) mass is 309 g/mol. The Morgan fingerprint density at radius 2 is 2.24 bits per heavy atom. The molecule has 7 heteroatoms. The predicted octanol–water partition coefficient (Wildman–Crippen LogP) is 0.874. The molecule has 114 valence electrons. The Morgan fingerprint density at radius 3 is 2.95 bits per heavy atom. The molecule has 0 radical (unpaired) electrons. The topological polar surface area (TPSA) is 88.6 Å². The van der Waals surface area contributed by atoms with Crippen LogP contribution in [0.2, 0.25) is 0 Å². The number of furan rings is 1. The van der Waals surface area contributed by atoms with Gasteiger partial charge in [-0.15, -0.1) is 0 Å². The molecular weight excluding hydrogens is 290 g/mol. The summed E-state index contributed by atoms with van der Waals surface area (Å²) in [6, 6.07) is 7.02. The van der Waals surface area contributed by atoms with E-state index in [-0.39, 0.29) is 4.90 Å². The molecule has 0 amide bonds. The van der Waals surface area contributed by atoms with Crippen molar-refractivity contribution < 1.29 is 12.8 Å². The fourth-order valence-corrected chi connectivity index (χ4v) is 3.20. The van der Waals surface area contributed by atoms with Crippen molar-refractivity contribution in [3.05, 3.63) is 30.0 Å². The standard InChI is InChI=1S/C14H19N3O3S/c1-10-8-16-4-5-17(10)9-12-6-11-7-13(21(15,18)19)2-3-14(11)20-12/h2-3,6-7,10,16H,4-5,8-9H2,1H3,(H2,15,18,19)/t10-/m1/s1. The molecule has 1 aromatic carbocycles. The fraction of sp³-hybridized carbons (Fsp3) is 0.429. The zero-order valence-corrected chi connectivity index (χ0v) is 12.7. The van der Waals surface area contributed by atoms with Gasteiger partial charge in [0.05, 0.1) is 11.4 Å². The molecule has 3 N–H and O–H groups in total. The summed E-state index contributed by atoms with van der Waals surface area (Å²) < 4.78 is 28.5. The molecule has 1 fully saturated rings. The van der Waals surface area contributed by atoms with Crippen molar-refractivity contribution in [3.63, 3.8) is 0 Å². The number of fused-ring (bicyclic) bond motifs is 1. The highest BCUT2D eigenvalue weighted by molar-refractivity contribution is 7.89. The minimum Gasteiger partial charge on any atom is -0.460 e. The first-order valence-electron chi connectivity index (χ1n) is 6.93. The van der Waals surface area contributed by atoms with Gasteiger partial charge in [-0.3, -0.25) is 4.90 Å². The van der Waals surface area contributed by atoms with Gasteiger partial charge >= 0.3 is 0 Å². The van der Waals surface area contributed by atoms with Crippen LogP contribution in [0.4, 0.5) is 0 Å². The highest BCUT2D eigenvalue weighted by Crippen LogP contribution is 2.24. The van der Waals surface area contributed by atoms with E-state index in [4.69, 9.17) is 9.56 Å². The van der Waals surface area contributed by atoms with Crippen LogP contribution in [0.15, 0.2) is 33.6 Å². The maximum absolute atomic E-state index is 11.4. The molecule has 1 saturated heterocycles. The maximum Gasteiger partial charge on any atom is 0.238 e. The van der Waals surface area contributed by atoms with Gasteiger partial charge in [0.25, 0.3) is 0 Å². The SMILES string of the molecule is C[C@@H]1CNCCN1Cc1cc2cc(S(N)(=O)=O)ccc2o1. The van der Waals surface area contributed by atoms with Crippen molar-refractivity contribution in [2.75, 3.05) is 19.6 Å². The minimum atomic E-state index is -3.68. The van der Waals surface area contributed by atoms with E-state index in [0.29, 0.717) is 11.6 Å². The van der Waals surface area contributed by atoms with Crippen molar-refractivity contribution in [2.24, 2.45) is 5.14 Å². The highest BCUT2D eigenvalue weighted by atomic mass is 32.2. The van der Waals surface area contributed by atoms with E-state index in [2.05, 4.69) is 17.1 Å². The number of hydrogen-bond donors (Lipinski definition) is 2. The Hall–Kier alpha value is -1.41. The Morgan fingerprint density at radius 1 is 1.43 bits per heavy atom. The van der Waals surface area contributed by atoms with Gasteiger partial charge in [-0.2, -0.15) is 0 Å². The number of hydrogen-bond acceptors (Lipinski definition) is 5. The molecule has 0 spiro atoms. The summed E-state index contributed by atoms with van der Waals surface area (Å²) in [5.74, 6) is 0.838. The summed E-state index contributed by atoms with van der Waals surface area (Å²) in [5.41, 5.74) is 0.681. The van der Waals surface area contributed by atoms with Crippen LogP contribution >= 0.6 is 0 Å². The van der Waals surface area contributed by atoms with Crippen molar-refractivity contribution in [1.82, 2.24) is 10.2 Å². The lowest BCUT2D eigenvalue weighted by Crippen LogP contribution is -2.49. The molecule has 0 unspecified atom stereocenters. The Labute approximate surface area is 124 Å². The second-order valence-electron chi connectivity index (χ2n) is 5.48. The normalized spacial score (nSPS) is 21.0. The van der Waals surface area contributed by atoms with Crippen LogP contribution in [0.3, 0.4) is 0 Å². The molecule has 1 aliphatic rings. The maximum atomic E-state index is 11.4. The smallest absolute Gasteiger partial charge is 0.238 e. The van der Waals surface area contributed by atoms with E-state index in [9.17, 15) is 8.42 Å². The number of nitrogens with two attached hydrogens (primary N) is 1. The minimum absolute atomic E-state index is 0.109. The van der Waals surface area contributed by atoms with E-state index < -0.39 is 10.0 Å². The van der Waals surface area contributed by atoms with Gasteiger partial charge in [0.1, 0.15) is 11.3 Å². The third-order valence-corrected chi connectivity index (χ3v) is 4.78. The first-order valence-corrected chi connectivity index (χ1v) is 8.48. The third kappa shape index (κ3) is 3.11. The molecule has 2 aromatic rings. The molecule has 3 rings (SSSR count). The summed E-state index contributed by atoms with van der Waals surface area (Å²) in [7, 11) is -3.68. The summed E-state index contributed by atoms with van der Waals surface area (Å²) in [6.45, 7) is 5.81. The Kier molecular flexibility index (Phi) is 3.75. The highest BCUT2D eigenvalue weighted by Gasteiger charge is 2.19. The molecule has 0 saturated carbocycles. The van der Waals surface area contributed by atoms with Crippen LogP contribution < -0.4 is 10.5 Å². The van der Waals surface area contributed by atoms with Crippen molar-refractivity contribution in [3.8, 4) is 0 Å². The van der Waals surface area contributed by atoms with E-state index in [1.54, 1.807) is 12.1 Å². The number of nitrogens with zero attached hydrogens (tertiary/aromatic N) is 1. The second kappa shape index (κ2) is 5.42. The number of piperazine rings is 1. The molecule has 6 nitrogen and oxygen atoms in total. The zero-order chi connectivity index (χ0) is 15.0. The molecule has 1 aromatic heterocycles. The molecular formula is C14H19N3O3S. The van der Waals surface area contributed by atoms with Crippen LogP contribution in [0.25, 0.3) is 11.0 Å². The number of primary sulfonamides is 1. The largest absolute Gasteiger partial charge is 0.460 e. The van der Waals surface area contributed by atoms with Gasteiger partial charge in [-0.05, 0) is 31.2 Å².